The van der Waals surface area contributed by atoms with Crippen molar-refractivity contribution < 1.29 is 19.2 Å². The van der Waals surface area contributed by atoms with Crippen LogP contribution in [-0.2, 0) is 14.3 Å². The predicted octanol–water partition coefficient (Wildman–Crippen LogP) is -0.154. The summed E-state index contributed by atoms with van der Waals surface area (Å²) in [6.07, 6.45) is 1.16. The second kappa shape index (κ2) is 7.48. The largest absolute Gasteiger partial charge is 0.466 e. The monoisotopic (exact) mass is 216 g/mol. The highest BCUT2D eigenvalue weighted by molar-refractivity contribution is 5.70. The molecule has 0 aliphatic carbocycles. The fourth-order valence-corrected chi connectivity index (χ4v) is 0.714. The van der Waals surface area contributed by atoms with Gasteiger partial charge in [-0.1, -0.05) is 0 Å². The first-order valence-electron chi connectivity index (χ1n) is 4.30. The van der Waals surface area contributed by atoms with Gasteiger partial charge in [0.2, 0.25) is 6.29 Å². The smallest absolute Gasteiger partial charge is 0.324 e. The van der Waals surface area contributed by atoms with Gasteiger partial charge in [0.25, 0.3) is 0 Å². The molecule has 0 atom stereocenters. The van der Waals surface area contributed by atoms with Crippen LogP contribution in [0.3, 0.4) is 0 Å². The van der Waals surface area contributed by atoms with Crippen LogP contribution < -0.4 is 5.32 Å². The molecule has 0 rings (SSSR count). The number of nitro groups is 1. The van der Waals surface area contributed by atoms with E-state index in [0.717, 1.165) is 6.20 Å². The molecule has 0 aromatic heterocycles. The van der Waals surface area contributed by atoms with Crippen LogP contribution in [0.1, 0.15) is 13.3 Å². The van der Waals surface area contributed by atoms with Crippen LogP contribution in [0, 0.1) is 10.1 Å². The average molecular weight is 216 g/mol. The highest BCUT2D eigenvalue weighted by Crippen LogP contribution is 1.88. The lowest BCUT2D eigenvalue weighted by atomic mass is 10.4. The normalized spacial score (nSPS) is 10.6. The molecule has 0 saturated carbocycles. The molecule has 15 heavy (non-hydrogen) atoms. The van der Waals surface area contributed by atoms with Crippen LogP contribution in [0.25, 0.3) is 0 Å². The van der Waals surface area contributed by atoms with Gasteiger partial charge in [-0.05, 0) is 6.92 Å². The standard InChI is InChI=1S/C8H12N2O5/c1-2-15-8(12)3-4-9-5-7(6-11)10(13)14/h5-6,9H,2-4H2,1H3/b7-5-. The topological polar surface area (TPSA) is 98.5 Å². The number of nitrogens with one attached hydrogen (secondary N) is 1. The highest BCUT2D eigenvalue weighted by Gasteiger charge is 2.07. The Labute approximate surface area is 86.2 Å². The Balaban J connectivity index is 3.82. The second-order valence-electron chi connectivity index (χ2n) is 2.45. The minimum Gasteiger partial charge on any atom is -0.466 e. The van der Waals surface area contributed by atoms with E-state index in [9.17, 15) is 19.7 Å². The summed E-state index contributed by atoms with van der Waals surface area (Å²) in [6, 6.07) is 0. The van der Waals surface area contributed by atoms with E-state index >= 15 is 0 Å². The number of carbonyl (C=O) groups excluding carboxylic acids is 2. The van der Waals surface area contributed by atoms with Crippen LogP contribution in [0.15, 0.2) is 11.9 Å². The highest BCUT2D eigenvalue weighted by atomic mass is 16.6. The van der Waals surface area contributed by atoms with Gasteiger partial charge in [-0.2, -0.15) is 0 Å². The molecule has 0 unspecified atom stereocenters. The van der Waals surface area contributed by atoms with Gasteiger partial charge >= 0.3 is 11.7 Å². The Bertz CT molecular complexity index is 274. The number of allylic oxidation sites excluding steroid dienone is 1. The van der Waals surface area contributed by atoms with Crippen molar-refractivity contribution in [3.05, 3.63) is 22.0 Å². The molecule has 0 radical (unpaired) electrons. The number of rotatable bonds is 7. The van der Waals surface area contributed by atoms with E-state index in [-0.39, 0.29) is 19.3 Å². The number of hydrogen-bond acceptors (Lipinski definition) is 6. The van der Waals surface area contributed by atoms with Crippen LogP contribution in [-0.4, -0.2) is 30.3 Å². The van der Waals surface area contributed by atoms with Crippen molar-refractivity contribution in [2.24, 2.45) is 0 Å². The molecule has 7 heteroatoms. The third-order valence-corrected chi connectivity index (χ3v) is 1.36. The molecular formula is C8H12N2O5. The average Bonchev–Trinajstić information content (AvgIpc) is 2.17. The van der Waals surface area contributed by atoms with E-state index in [1.165, 1.54) is 0 Å². The van der Waals surface area contributed by atoms with Crippen LogP contribution >= 0.6 is 0 Å². The first-order valence-corrected chi connectivity index (χ1v) is 4.30. The molecule has 0 heterocycles. The lowest BCUT2D eigenvalue weighted by Gasteiger charge is -2.00. The van der Waals surface area contributed by atoms with Crippen molar-refractivity contribution in [1.29, 1.82) is 0 Å². The van der Waals surface area contributed by atoms with Gasteiger partial charge in [0, 0.05) is 6.54 Å². The van der Waals surface area contributed by atoms with Crippen molar-refractivity contribution in [2.45, 2.75) is 13.3 Å². The minimum absolute atomic E-state index is 0.0915. The SMILES string of the molecule is CCOC(=O)CCN/C=C(/C=O)[N+](=O)[O-]. The van der Waals surface area contributed by atoms with E-state index in [1.54, 1.807) is 6.92 Å². The fourth-order valence-electron chi connectivity index (χ4n) is 0.714. The minimum atomic E-state index is -0.815. The second-order valence-corrected chi connectivity index (χ2v) is 2.45. The Morgan fingerprint density at radius 1 is 1.60 bits per heavy atom. The molecule has 0 spiro atoms. The summed E-state index contributed by atoms with van der Waals surface area (Å²) in [5.74, 6) is -0.396. The van der Waals surface area contributed by atoms with E-state index in [1.807, 2.05) is 0 Å². The molecule has 1 N–H and O–H groups in total. The van der Waals surface area contributed by atoms with Crippen molar-refractivity contribution in [2.75, 3.05) is 13.2 Å². The summed E-state index contributed by atoms with van der Waals surface area (Å²) < 4.78 is 4.62. The van der Waals surface area contributed by atoms with E-state index in [2.05, 4.69) is 10.1 Å². The Hall–Kier alpha value is -1.92. The molecule has 84 valence electrons. The van der Waals surface area contributed by atoms with Gasteiger partial charge in [0.1, 0.15) is 0 Å². The summed E-state index contributed by atoms with van der Waals surface area (Å²) >= 11 is 0. The van der Waals surface area contributed by atoms with Gasteiger partial charge in [-0.3, -0.25) is 19.7 Å². The Kier molecular flexibility index (Phi) is 6.52. The van der Waals surface area contributed by atoms with Crippen LogP contribution in [0.5, 0.6) is 0 Å². The molecule has 0 saturated heterocycles. The number of hydrogen-bond donors (Lipinski definition) is 1. The summed E-state index contributed by atoms with van der Waals surface area (Å²) in [5.41, 5.74) is -0.584. The van der Waals surface area contributed by atoms with Gasteiger partial charge in [-0.15, -0.1) is 0 Å². The first-order chi connectivity index (χ1) is 7.11. The lowest BCUT2D eigenvalue weighted by molar-refractivity contribution is -0.417. The van der Waals surface area contributed by atoms with E-state index < -0.39 is 16.6 Å². The molecule has 0 amide bonds. The molecular weight excluding hydrogens is 204 g/mol. The van der Waals surface area contributed by atoms with Crippen molar-refractivity contribution in [3.8, 4) is 0 Å². The third-order valence-electron chi connectivity index (χ3n) is 1.36. The zero-order chi connectivity index (χ0) is 11.7. The Morgan fingerprint density at radius 3 is 2.73 bits per heavy atom. The zero-order valence-electron chi connectivity index (χ0n) is 8.26. The number of ether oxygens (including phenoxy) is 1. The van der Waals surface area contributed by atoms with Crippen LogP contribution in [0.4, 0.5) is 0 Å². The Morgan fingerprint density at radius 2 is 2.27 bits per heavy atom. The van der Waals surface area contributed by atoms with E-state index in [4.69, 9.17) is 0 Å². The molecule has 7 nitrogen and oxygen atoms in total. The lowest BCUT2D eigenvalue weighted by Crippen LogP contribution is -2.16. The maximum Gasteiger partial charge on any atom is 0.324 e. The summed E-state index contributed by atoms with van der Waals surface area (Å²) in [7, 11) is 0. The molecule has 0 aromatic rings. The number of carbonyl (C=O) groups is 2. The van der Waals surface area contributed by atoms with Gasteiger partial charge in [0.15, 0.2) is 0 Å². The predicted molar refractivity (Wildman–Crippen MR) is 50.4 cm³/mol. The van der Waals surface area contributed by atoms with Crippen molar-refractivity contribution in [3.63, 3.8) is 0 Å². The summed E-state index contributed by atoms with van der Waals surface area (Å²) in [6.45, 7) is 2.16. The maximum absolute atomic E-state index is 10.8. The number of aldehydes is 1. The van der Waals surface area contributed by atoms with Gasteiger partial charge < -0.3 is 10.1 Å². The maximum atomic E-state index is 10.8. The summed E-state index contributed by atoms with van der Waals surface area (Å²) in [5, 5.41) is 12.6. The quantitative estimate of drug-likeness (QED) is 0.159. The number of nitrogens with zero attached hydrogens (tertiary/aromatic N) is 1. The third kappa shape index (κ3) is 6.19. The van der Waals surface area contributed by atoms with Gasteiger partial charge in [0.05, 0.1) is 24.2 Å². The van der Waals surface area contributed by atoms with Crippen LogP contribution in [0.2, 0.25) is 0 Å². The molecule has 0 aromatic carbocycles. The molecule has 0 bridgehead atoms. The fraction of sp³-hybridized carbons (Fsp3) is 0.500. The summed E-state index contributed by atoms with van der Waals surface area (Å²) in [4.78, 5) is 30.3. The van der Waals surface area contributed by atoms with Gasteiger partial charge in [-0.25, -0.2) is 0 Å². The first kappa shape index (κ1) is 13.1. The zero-order valence-corrected chi connectivity index (χ0v) is 8.26. The van der Waals surface area contributed by atoms with Crippen molar-refractivity contribution in [1.82, 2.24) is 5.32 Å². The molecule has 0 aliphatic heterocycles. The molecule has 0 aliphatic rings. The number of esters is 1. The van der Waals surface area contributed by atoms with Crippen molar-refractivity contribution >= 4 is 12.3 Å². The van der Waals surface area contributed by atoms with E-state index in [0.29, 0.717) is 6.61 Å². The molecule has 0 fully saturated rings.